The molecule has 0 saturated carbocycles. The lowest BCUT2D eigenvalue weighted by Crippen LogP contribution is -2.17. The van der Waals surface area contributed by atoms with Crippen LogP contribution in [0.4, 0.5) is 4.79 Å². The van der Waals surface area contributed by atoms with Crippen molar-refractivity contribution >= 4 is 6.16 Å². The second kappa shape index (κ2) is 11.9. The molecule has 0 bridgehead atoms. The smallest absolute Gasteiger partial charge is 0.249 e. The lowest BCUT2D eigenvalue weighted by molar-refractivity contribution is -0.275. The molecule has 0 unspecified atom stereocenters. The maximum absolute atomic E-state index is 8.44. The molecule has 0 amide bonds. The van der Waals surface area contributed by atoms with Crippen LogP contribution in [0.1, 0.15) is 0 Å². The molecule has 0 heterocycles. The van der Waals surface area contributed by atoms with Gasteiger partial charge in [-0.2, -0.15) is 0 Å². The lowest BCUT2D eigenvalue weighted by Gasteiger charge is -1.96. The molecule has 0 aromatic rings. The number of hydrogen-bond acceptors (Lipinski definition) is 5. The second-order valence-electron chi connectivity index (χ2n) is 1.28. The largest absolute Gasteiger partial charge is 0.565 e. The summed E-state index contributed by atoms with van der Waals surface area (Å²) in [6, 6.07) is 0. The van der Waals surface area contributed by atoms with Gasteiger partial charge >= 0.3 is 0 Å². The van der Waals surface area contributed by atoms with E-state index in [-0.39, 0.29) is 19.4 Å². The summed E-state index contributed by atoms with van der Waals surface area (Å²) in [6.45, 7) is -0.729. The fourth-order valence-corrected chi connectivity index (χ4v) is 0.0577. The van der Waals surface area contributed by atoms with Gasteiger partial charge in [-0.25, -0.2) is 0 Å². The van der Waals surface area contributed by atoms with Gasteiger partial charge in [0.1, 0.15) is 6.10 Å². The van der Waals surface area contributed by atoms with Gasteiger partial charge < -0.3 is 36.5 Å². The summed E-state index contributed by atoms with van der Waals surface area (Å²) in [4.78, 5) is 8.44. The number of carbonyl (C=O) groups is 1. The van der Waals surface area contributed by atoms with Crippen molar-refractivity contribution in [3.05, 3.63) is 0 Å². The van der Waals surface area contributed by atoms with Crippen LogP contribution in [0.15, 0.2) is 0 Å². The number of carboxylic acid groups (broad SMARTS) is 2. The highest BCUT2D eigenvalue weighted by Crippen LogP contribution is 1.71. The summed E-state index contributed by atoms with van der Waals surface area (Å²) in [5.74, 6) is 0. The Labute approximate surface area is 63.1 Å². The molecule has 7 heteroatoms. The Hall–Kier alpha value is -0.890. The number of rotatable bonds is 2. The molecule has 0 aliphatic carbocycles. The summed E-state index contributed by atoms with van der Waals surface area (Å²) in [7, 11) is 0. The Morgan fingerprint density at radius 1 is 1.36 bits per heavy atom. The predicted octanol–water partition coefficient (Wildman–Crippen LogP) is -2.40. The van der Waals surface area contributed by atoms with Crippen molar-refractivity contribution in [3.8, 4) is 0 Å². The van der Waals surface area contributed by atoms with Crippen molar-refractivity contribution in [3.63, 3.8) is 0 Å². The SMILES string of the molecule is O=C([O-])O.OCC(O)CO.[NH4+]. The van der Waals surface area contributed by atoms with Crippen molar-refractivity contribution in [2.24, 2.45) is 0 Å². The second-order valence-corrected chi connectivity index (χ2v) is 1.28. The molecule has 0 aliphatic rings. The molecular weight excluding hydrogens is 158 g/mol. The molecule has 0 rings (SSSR count). The molecule has 0 aliphatic heterocycles. The maximum atomic E-state index is 8.44. The molecule has 0 spiro atoms. The quantitative estimate of drug-likeness (QED) is 0.311. The molecule has 8 N–H and O–H groups in total. The van der Waals surface area contributed by atoms with Gasteiger partial charge in [-0.15, -0.1) is 0 Å². The van der Waals surface area contributed by atoms with Gasteiger partial charge in [0.25, 0.3) is 0 Å². The van der Waals surface area contributed by atoms with Crippen molar-refractivity contribution < 1.29 is 30.3 Å². The van der Waals surface area contributed by atoms with Gasteiger partial charge in [-0.05, 0) is 0 Å². The monoisotopic (exact) mass is 171 g/mol. The van der Waals surface area contributed by atoms with Gasteiger partial charge in [0.05, 0.1) is 13.2 Å². The molecule has 0 saturated heterocycles. The summed E-state index contributed by atoms with van der Waals surface area (Å²) in [5, 5.41) is 39.3. The Bertz CT molecular complexity index is 78.7. The van der Waals surface area contributed by atoms with Crippen LogP contribution in [-0.2, 0) is 0 Å². The topological polar surface area (TPSA) is 158 Å². The normalized spacial score (nSPS) is 7.64. The van der Waals surface area contributed by atoms with E-state index in [4.69, 9.17) is 30.3 Å². The maximum Gasteiger partial charge on any atom is 0.249 e. The van der Waals surface area contributed by atoms with Crippen molar-refractivity contribution in [2.45, 2.75) is 6.10 Å². The van der Waals surface area contributed by atoms with E-state index in [0.717, 1.165) is 0 Å². The van der Waals surface area contributed by atoms with Crippen LogP contribution in [0.25, 0.3) is 0 Å². The number of quaternary nitrogens is 1. The minimum Gasteiger partial charge on any atom is -0.565 e. The summed E-state index contributed by atoms with van der Waals surface area (Å²) < 4.78 is 0. The highest BCUT2D eigenvalue weighted by molar-refractivity contribution is 5.50. The first-order chi connectivity index (χ1) is 4.54. The molecule has 0 atom stereocenters. The Balaban J connectivity index is -0.000000114. The predicted molar refractivity (Wildman–Crippen MR) is 34.2 cm³/mol. The standard InChI is InChI=1S/C3H8O3.CH2O3.H3N/c4-1-3(6)2-5;2-1(3)4;/h3-6H,1-2H2;(H2,2,3,4);1H3. The zero-order chi connectivity index (χ0) is 8.57. The average Bonchev–Trinajstić information content (AvgIpc) is 1.85. The van der Waals surface area contributed by atoms with E-state index in [1.807, 2.05) is 0 Å². The zero-order valence-electron chi connectivity index (χ0n) is 6.10. The van der Waals surface area contributed by atoms with Crippen LogP contribution in [0, 0.1) is 0 Å². The van der Waals surface area contributed by atoms with Gasteiger partial charge in [-0.1, -0.05) is 0 Å². The number of aliphatic hydroxyl groups excluding tert-OH is 3. The van der Waals surface area contributed by atoms with Crippen LogP contribution in [0.5, 0.6) is 0 Å². The van der Waals surface area contributed by atoms with E-state index in [2.05, 4.69) is 0 Å². The molecule has 70 valence electrons. The van der Waals surface area contributed by atoms with E-state index >= 15 is 0 Å². The van der Waals surface area contributed by atoms with E-state index < -0.39 is 12.3 Å². The summed E-state index contributed by atoms with van der Waals surface area (Å²) in [5.41, 5.74) is 0. The third-order valence-corrected chi connectivity index (χ3v) is 0.421. The third kappa shape index (κ3) is 47.6. The molecule has 0 aromatic heterocycles. The van der Waals surface area contributed by atoms with Gasteiger partial charge in [0.15, 0.2) is 0 Å². The minimum atomic E-state index is -2.08. The Morgan fingerprint density at radius 2 is 1.55 bits per heavy atom. The Morgan fingerprint density at radius 3 is 1.55 bits per heavy atom. The van der Waals surface area contributed by atoms with Crippen molar-refractivity contribution in [2.75, 3.05) is 13.2 Å². The highest BCUT2D eigenvalue weighted by atomic mass is 16.6. The molecular formula is C4H13NO6. The van der Waals surface area contributed by atoms with Crippen LogP contribution >= 0.6 is 0 Å². The van der Waals surface area contributed by atoms with Crippen LogP contribution in [0.2, 0.25) is 0 Å². The minimum absolute atomic E-state index is 0. The molecule has 0 aromatic carbocycles. The van der Waals surface area contributed by atoms with E-state index in [1.165, 1.54) is 0 Å². The third-order valence-electron chi connectivity index (χ3n) is 0.421. The molecule has 0 radical (unpaired) electrons. The van der Waals surface area contributed by atoms with Crippen molar-refractivity contribution in [1.82, 2.24) is 6.15 Å². The zero-order valence-corrected chi connectivity index (χ0v) is 6.10. The van der Waals surface area contributed by atoms with E-state index in [0.29, 0.717) is 0 Å². The van der Waals surface area contributed by atoms with Gasteiger partial charge in [-0.3, -0.25) is 0 Å². The molecule has 11 heavy (non-hydrogen) atoms. The Kier molecular flexibility index (Phi) is 17.9. The molecule has 0 fully saturated rings. The average molecular weight is 171 g/mol. The van der Waals surface area contributed by atoms with Crippen LogP contribution in [0.3, 0.4) is 0 Å². The summed E-state index contributed by atoms with van der Waals surface area (Å²) >= 11 is 0. The first-order valence-corrected chi connectivity index (χ1v) is 2.34. The van der Waals surface area contributed by atoms with Gasteiger partial charge in [0, 0.05) is 0 Å². The van der Waals surface area contributed by atoms with Crippen molar-refractivity contribution in [1.29, 1.82) is 0 Å². The van der Waals surface area contributed by atoms with Crippen LogP contribution < -0.4 is 11.3 Å². The van der Waals surface area contributed by atoms with Crippen LogP contribution in [-0.4, -0.2) is 45.9 Å². The fourth-order valence-electron chi connectivity index (χ4n) is 0.0577. The highest BCUT2D eigenvalue weighted by Gasteiger charge is 1.93. The van der Waals surface area contributed by atoms with E-state index in [9.17, 15) is 0 Å². The number of hydrogen-bond donors (Lipinski definition) is 5. The lowest BCUT2D eigenvalue weighted by atomic mass is 10.4. The van der Waals surface area contributed by atoms with E-state index in [1.54, 1.807) is 0 Å². The first-order valence-electron chi connectivity index (χ1n) is 2.34. The number of aliphatic hydroxyl groups is 3. The first kappa shape index (κ1) is 16.6. The van der Waals surface area contributed by atoms with Gasteiger partial charge in [0.2, 0.25) is 6.16 Å². The summed E-state index contributed by atoms with van der Waals surface area (Å²) in [6.07, 6.45) is -3.04. The molecule has 7 nitrogen and oxygen atoms in total. The fraction of sp³-hybridized carbons (Fsp3) is 0.750.